The minimum absolute atomic E-state index is 0.0930. The largest absolute Gasteiger partial charge is 0.462 e. The average Bonchev–Trinajstić information content (AvgIpc) is 3.12. The second-order valence-corrected chi connectivity index (χ2v) is 13.4. The van der Waals surface area contributed by atoms with Gasteiger partial charge >= 0.3 is 11.9 Å². The molecule has 0 saturated carbocycles. The van der Waals surface area contributed by atoms with Crippen LogP contribution in [0.3, 0.4) is 0 Å². The summed E-state index contributed by atoms with van der Waals surface area (Å²) in [7, 11) is 0. The monoisotopic (exact) mass is 697 g/mol. The molecule has 0 rings (SSSR count). The van der Waals surface area contributed by atoms with Crippen molar-refractivity contribution in [3.8, 4) is 0 Å². The van der Waals surface area contributed by atoms with Crippen LogP contribution in [-0.4, -0.2) is 36.4 Å². The topological polar surface area (TPSA) is 72.8 Å². The molecular weight excluding hydrogens is 620 g/mol. The van der Waals surface area contributed by atoms with Gasteiger partial charge in [-0.25, -0.2) is 0 Å². The Morgan fingerprint density at radius 1 is 0.460 bits per heavy atom. The lowest BCUT2D eigenvalue weighted by Gasteiger charge is -2.15. The summed E-state index contributed by atoms with van der Waals surface area (Å²) in [5.41, 5.74) is 0. The first-order valence-corrected chi connectivity index (χ1v) is 20.5. The number of hydrogen-bond acceptors (Lipinski definition) is 5. The van der Waals surface area contributed by atoms with Gasteiger partial charge in [-0.1, -0.05) is 157 Å². The highest BCUT2D eigenvalue weighted by atomic mass is 16.6. The Labute approximate surface area is 308 Å². The van der Waals surface area contributed by atoms with Crippen LogP contribution in [0, 0.1) is 0 Å². The molecule has 0 aliphatic rings. The van der Waals surface area contributed by atoms with E-state index in [4.69, 9.17) is 9.47 Å². The van der Waals surface area contributed by atoms with Crippen LogP contribution in [0.2, 0.25) is 0 Å². The van der Waals surface area contributed by atoms with E-state index in [0.717, 1.165) is 51.4 Å². The summed E-state index contributed by atoms with van der Waals surface area (Å²) in [5.74, 6) is -0.665. The van der Waals surface area contributed by atoms with Crippen molar-refractivity contribution in [1.82, 2.24) is 0 Å². The molecule has 0 spiro atoms. The Hall–Kier alpha value is -2.66. The first kappa shape index (κ1) is 47.3. The summed E-state index contributed by atoms with van der Waals surface area (Å²) in [6.07, 6.45) is 53.9. The summed E-state index contributed by atoms with van der Waals surface area (Å²) >= 11 is 0. The van der Waals surface area contributed by atoms with Gasteiger partial charge in [-0.2, -0.15) is 0 Å². The van der Waals surface area contributed by atoms with E-state index < -0.39 is 6.10 Å². The van der Waals surface area contributed by atoms with Gasteiger partial charge in [0.1, 0.15) is 6.61 Å². The summed E-state index contributed by atoms with van der Waals surface area (Å²) in [6.45, 7) is 4.03. The Morgan fingerprint density at radius 2 is 0.820 bits per heavy atom. The van der Waals surface area contributed by atoms with Gasteiger partial charge in [-0.05, 0) is 83.5 Å². The lowest BCUT2D eigenvalue weighted by molar-refractivity contribution is -0.161. The third-order valence-electron chi connectivity index (χ3n) is 8.47. The normalized spacial score (nSPS) is 12.9. The Bertz CT molecular complexity index is 926. The fraction of sp³-hybridized carbons (Fsp3) is 0.689. The number of allylic oxidation sites excluding steroid dienone is 12. The zero-order chi connectivity index (χ0) is 36.4. The summed E-state index contributed by atoms with van der Waals surface area (Å²) < 4.78 is 10.6. The number of hydrogen-bond donors (Lipinski definition) is 1. The van der Waals surface area contributed by atoms with Gasteiger partial charge in [0.15, 0.2) is 6.10 Å². The van der Waals surface area contributed by atoms with Crippen LogP contribution in [-0.2, 0) is 19.1 Å². The molecule has 0 bridgehead atoms. The maximum atomic E-state index is 12.2. The molecule has 0 radical (unpaired) electrons. The van der Waals surface area contributed by atoms with E-state index in [1.165, 1.54) is 96.3 Å². The van der Waals surface area contributed by atoms with Crippen LogP contribution in [0.1, 0.15) is 181 Å². The van der Waals surface area contributed by atoms with Gasteiger partial charge in [0.25, 0.3) is 0 Å². The first-order chi connectivity index (χ1) is 24.6. The van der Waals surface area contributed by atoms with E-state index in [1.807, 2.05) is 0 Å². The quantitative estimate of drug-likeness (QED) is 0.0401. The highest BCUT2D eigenvalue weighted by Gasteiger charge is 2.15. The van der Waals surface area contributed by atoms with Crippen molar-refractivity contribution in [2.24, 2.45) is 0 Å². The molecule has 0 aromatic carbocycles. The molecule has 0 aromatic heterocycles. The van der Waals surface area contributed by atoms with Crippen molar-refractivity contribution in [3.05, 3.63) is 72.9 Å². The van der Waals surface area contributed by atoms with Crippen LogP contribution in [0.4, 0.5) is 0 Å². The maximum absolute atomic E-state index is 12.2. The summed E-state index contributed by atoms with van der Waals surface area (Å²) in [5, 5.41) is 9.55. The fourth-order valence-electron chi connectivity index (χ4n) is 5.34. The zero-order valence-electron chi connectivity index (χ0n) is 32.4. The van der Waals surface area contributed by atoms with Crippen LogP contribution in [0.5, 0.6) is 0 Å². The number of esters is 2. The summed E-state index contributed by atoms with van der Waals surface area (Å²) in [4.78, 5) is 24.3. The number of carbonyl (C=O) groups excluding carboxylic acids is 2. The molecular formula is C45H76O5. The molecule has 0 saturated heterocycles. The number of unbranched alkanes of at least 4 members (excludes halogenated alkanes) is 16. The lowest BCUT2D eigenvalue weighted by Crippen LogP contribution is -2.28. The number of aliphatic hydroxyl groups is 1. The molecule has 50 heavy (non-hydrogen) atoms. The van der Waals surface area contributed by atoms with Crippen molar-refractivity contribution in [3.63, 3.8) is 0 Å². The third-order valence-corrected chi connectivity index (χ3v) is 8.47. The van der Waals surface area contributed by atoms with Gasteiger partial charge in [-0.15, -0.1) is 0 Å². The SMILES string of the molecule is CCCCC/C=C/C/C=C/C/C=C/C/C=C/CCCC(=O)O[C@@H](CO)COC(=O)CCCCCCCCCCC/C=C/C/C=C/CCCCC. The molecule has 1 N–H and O–H groups in total. The van der Waals surface area contributed by atoms with Crippen LogP contribution in [0.15, 0.2) is 72.9 Å². The highest BCUT2D eigenvalue weighted by molar-refractivity contribution is 5.70. The second kappa shape index (κ2) is 40.8. The molecule has 0 amide bonds. The molecule has 5 nitrogen and oxygen atoms in total. The lowest BCUT2D eigenvalue weighted by atomic mass is 10.1. The Balaban J connectivity index is 3.66. The highest BCUT2D eigenvalue weighted by Crippen LogP contribution is 2.12. The predicted molar refractivity (Wildman–Crippen MR) is 214 cm³/mol. The number of rotatable bonds is 36. The molecule has 1 atom stereocenters. The molecule has 0 fully saturated rings. The van der Waals surface area contributed by atoms with E-state index in [1.54, 1.807) is 0 Å². The van der Waals surface area contributed by atoms with E-state index in [9.17, 15) is 14.7 Å². The van der Waals surface area contributed by atoms with Crippen LogP contribution >= 0.6 is 0 Å². The van der Waals surface area contributed by atoms with Crippen LogP contribution < -0.4 is 0 Å². The molecule has 0 aliphatic carbocycles. The minimum atomic E-state index is -0.804. The van der Waals surface area contributed by atoms with Crippen molar-refractivity contribution in [2.45, 2.75) is 187 Å². The van der Waals surface area contributed by atoms with Crippen molar-refractivity contribution in [2.75, 3.05) is 13.2 Å². The number of aliphatic hydroxyl groups excluding tert-OH is 1. The van der Waals surface area contributed by atoms with Gasteiger partial charge in [0.2, 0.25) is 0 Å². The first-order valence-electron chi connectivity index (χ1n) is 20.5. The van der Waals surface area contributed by atoms with Crippen LogP contribution in [0.25, 0.3) is 0 Å². The summed E-state index contributed by atoms with van der Waals surface area (Å²) in [6, 6.07) is 0. The number of carbonyl (C=O) groups is 2. The van der Waals surface area contributed by atoms with Gasteiger partial charge < -0.3 is 14.6 Å². The molecule has 0 aliphatic heterocycles. The molecule has 5 heteroatoms. The third kappa shape index (κ3) is 38.1. The number of ether oxygens (including phenoxy) is 2. The molecule has 0 unspecified atom stereocenters. The molecule has 0 aromatic rings. The zero-order valence-corrected chi connectivity index (χ0v) is 32.4. The van der Waals surface area contributed by atoms with Gasteiger partial charge in [0.05, 0.1) is 6.61 Å². The minimum Gasteiger partial charge on any atom is -0.462 e. The van der Waals surface area contributed by atoms with E-state index >= 15 is 0 Å². The average molecular weight is 697 g/mol. The second-order valence-electron chi connectivity index (χ2n) is 13.4. The predicted octanol–water partition coefficient (Wildman–Crippen LogP) is 13.0. The Kier molecular flexibility index (Phi) is 38.6. The fourth-order valence-corrected chi connectivity index (χ4v) is 5.34. The van der Waals surface area contributed by atoms with Gasteiger partial charge in [0, 0.05) is 12.8 Å². The smallest absolute Gasteiger partial charge is 0.306 e. The van der Waals surface area contributed by atoms with E-state index in [2.05, 4.69) is 86.8 Å². The van der Waals surface area contributed by atoms with E-state index in [-0.39, 0.29) is 31.6 Å². The molecule has 286 valence electrons. The Morgan fingerprint density at radius 3 is 1.26 bits per heavy atom. The molecule has 0 heterocycles. The standard InChI is InChI=1S/C45H76O5/c1-3-5-7-9-11-13-15-17-19-21-22-24-25-27-29-31-33-35-37-39-44(47)49-42-43(41-46)50-45(48)40-38-36-34-32-30-28-26-23-20-18-16-14-12-10-8-6-4-2/h11-14,17-20,26,28,32,34,43,46H,3-10,15-16,21-25,27,29-31,33,35-42H2,1-2H3/b13-11+,14-12+,19-17+,20-18+,28-26+,34-32+/t43-/m0/s1. The van der Waals surface area contributed by atoms with Crippen molar-refractivity contribution >= 4 is 11.9 Å². The van der Waals surface area contributed by atoms with Gasteiger partial charge in [-0.3, -0.25) is 9.59 Å². The van der Waals surface area contributed by atoms with Crippen molar-refractivity contribution < 1.29 is 24.2 Å². The van der Waals surface area contributed by atoms with Crippen molar-refractivity contribution in [1.29, 1.82) is 0 Å². The maximum Gasteiger partial charge on any atom is 0.306 e. The van der Waals surface area contributed by atoms with E-state index in [0.29, 0.717) is 12.8 Å².